The van der Waals surface area contributed by atoms with Crippen LogP contribution in [-0.4, -0.2) is 23.9 Å². The minimum absolute atomic E-state index is 0.351. The van der Waals surface area contributed by atoms with Gasteiger partial charge in [-0.1, -0.05) is 6.42 Å². The third kappa shape index (κ3) is 1.30. The van der Waals surface area contributed by atoms with Crippen molar-refractivity contribution in [3.05, 3.63) is 0 Å². The summed E-state index contributed by atoms with van der Waals surface area (Å²) in [7, 11) is 0. The summed E-state index contributed by atoms with van der Waals surface area (Å²) >= 11 is 0. The van der Waals surface area contributed by atoms with Crippen molar-refractivity contribution < 1.29 is 9.84 Å². The van der Waals surface area contributed by atoms with E-state index in [-0.39, 0.29) is 5.60 Å². The summed E-state index contributed by atoms with van der Waals surface area (Å²) in [6, 6.07) is 0. The molecule has 1 aliphatic heterocycles. The molecule has 2 rings (SSSR count). The van der Waals surface area contributed by atoms with Crippen LogP contribution in [0.4, 0.5) is 0 Å². The molecule has 1 saturated heterocycles. The van der Waals surface area contributed by atoms with E-state index in [4.69, 9.17) is 4.74 Å². The van der Waals surface area contributed by atoms with Crippen molar-refractivity contribution in [1.82, 2.24) is 0 Å². The molecule has 0 unspecified atom stereocenters. The zero-order chi connectivity index (χ0) is 7.73. The number of rotatable bonds is 1. The maximum Gasteiger partial charge on any atom is 0.0719 e. The summed E-state index contributed by atoms with van der Waals surface area (Å²) in [6.45, 7) is 1.51. The molecule has 11 heavy (non-hydrogen) atoms. The Hall–Kier alpha value is -0.0800. The second-order valence-corrected chi connectivity index (χ2v) is 3.84. The van der Waals surface area contributed by atoms with Crippen molar-refractivity contribution in [3.8, 4) is 0 Å². The molecular formula is C9H16O2. The topological polar surface area (TPSA) is 29.5 Å². The van der Waals surface area contributed by atoms with Gasteiger partial charge in [0, 0.05) is 13.2 Å². The average Bonchev–Trinajstić information content (AvgIpc) is 1.83. The molecule has 0 radical (unpaired) electrons. The van der Waals surface area contributed by atoms with E-state index in [1.54, 1.807) is 0 Å². The molecule has 2 fully saturated rings. The van der Waals surface area contributed by atoms with Gasteiger partial charge in [-0.05, 0) is 31.6 Å². The van der Waals surface area contributed by atoms with Crippen LogP contribution in [0.5, 0.6) is 0 Å². The number of hydrogen-bond donors (Lipinski definition) is 1. The number of aliphatic hydroxyl groups is 1. The molecule has 1 aliphatic carbocycles. The van der Waals surface area contributed by atoms with Gasteiger partial charge in [0.05, 0.1) is 5.60 Å². The van der Waals surface area contributed by atoms with Crippen LogP contribution in [0.2, 0.25) is 0 Å². The molecule has 1 saturated carbocycles. The molecule has 1 heterocycles. The van der Waals surface area contributed by atoms with E-state index in [2.05, 4.69) is 0 Å². The van der Waals surface area contributed by atoms with Crippen molar-refractivity contribution in [3.63, 3.8) is 0 Å². The first-order valence-corrected chi connectivity index (χ1v) is 4.61. The molecule has 0 aromatic carbocycles. The van der Waals surface area contributed by atoms with Crippen LogP contribution < -0.4 is 0 Å². The van der Waals surface area contributed by atoms with Crippen molar-refractivity contribution in [1.29, 1.82) is 0 Å². The fraction of sp³-hybridized carbons (Fsp3) is 1.00. The molecule has 0 spiro atoms. The fourth-order valence-electron chi connectivity index (χ4n) is 2.08. The lowest BCUT2D eigenvalue weighted by molar-refractivity contribution is -0.118. The Morgan fingerprint density at radius 2 is 1.82 bits per heavy atom. The molecule has 2 aliphatic rings. The van der Waals surface area contributed by atoms with Gasteiger partial charge in [0.15, 0.2) is 0 Å². The second-order valence-electron chi connectivity index (χ2n) is 3.84. The van der Waals surface area contributed by atoms with Crippen molar-refractivity contribution in [2.75, 3.05) is 13.2 Å². The average molecular weight is 156 g/mol. The molecule has 0 amide bonds. The van der Waals surface area contributed by atoms with Gasteiger partial charge in [-0.15, -0.1) is 0 Å². The van der Waals surface area contributed by atoms with Crippen LogP contribution in [0.3, 0.4) is 0 Å². The molecule has 0 aromatic heterocycles. The molecule has 1 N–H and O–H groups in total. The van der Waals surface area contributed by atoms with E-state index in [0.29, 0.717) is 5.92 Å². The third-order valence-corrected chi connectivity index (χ3v) is 3.22. The summed E-state index contributed by atoms with van der Waals surface area (Å²) in [5.74, 6) is 0.589. The Morgan fingerprint density at radius 1 is 1.18 bits per heavy atom. The molecule has 0 bridgehead atoms. The van der Waals surface area contributed by atoms with Gasteiger partial charge in [-0.2, -0.15) is 0 Å². The molecule has 64 valence electrons. The minimum Gasteiger partial charge on any atom is -0.389 e. The van der Waals surface area contributed by atoms with Crippen LogP contribution in [0.1, 0.15) is 32.1 Å². The Balaban J connectivity index is 1.94. The summed E-state index contributed by atoms with van der Waals surface area (Å²) in [5, 5.41) is 10.1. The van der Waals surface area contributed by atoms with Gasteiger partial charge in [0.1, 0.15) is 0 Å². The lowest BCUT2D eigenvalue weighted by Gasteiger charge is -2.43. The van der Waals surface area contributed by atoms with E-state index in [1.165, 1.54) is 19.3 Å². The molecule has 0 atom stereocenters. The van der Waals surface area contributed by atoms with E-state index < -0.39 is 0 Å². The highest BCUT2D eigenvalue weighted by Crippen LogP contribution is 2.41. The van der Waals surface area contributed by atoms with E-state index in [0.717, 1.165) is 26.1 Å². The standard InChI is InChI=1S/C9H16O2/c10-9(8-2-1-3-8)4-6-11-7-5-9/h8,10H,1-7H2. The summed E-state index contributed by atoms with van der Waals surface area (Å²) < 4.78 is 5.22. The fourth-order valence-corrected chi connectivity index (χ4v) is 2.08. The van der Waals surface area contributed by atoms with Gasteiger partial charge < -0.3 is 9.84 Å². The lowest BCUT2D eigenvalue weighted by atomic mass is 9.69. The second kappa shape index (κ2) is 2.76. The highest BCUT2D eigenvalue weighted by atomic mass is 16.5. The first kappa shape index (κ1) is 7.56. The Bertz CT molecular complexity index is 134. The first-order chi connectivity index (χ1) is 5.31. The van der Waals surface area contributed by atoms with E-state index >= 15 is 0 Å². The van der Waals surface area contributed by atoms with E-state index in [1.807, 2.05) is 0 Å². The molecular weight excluding hydrogens is 140 g/mol. The Kier molecular flexibility index (Phi) is 1.90. The zero-order valence-corrected chi connectivity index (χ0v) is 6.88. The van der Waals surface area contributed by atoms with Gasteiger partial charge >= 0.3 is 0 Å². The van der Waals surface area contributed by atoms with Gasteiger partial charge in [-0.25, -0.2) is 0 Å². The van der Waals surface area contributed by atoms with Crippen molar-refractivity contribution in [2.24, 2.45) is 5.92 Å². The predicted molar refractivity (Wildman–Crippen MR) is 42.3 cm³/mol. The highest BCUT2D eigenvalue weighted by molar-refractivity contribution is 4.92. The van der Waals surface area contributed by atoms with Crippen LogP contribution >= 0.6 is 0 Å². The monoisotopic (exact) mass is 156 g/mol. The summed E-state index contributed by atoms with van der Waals surface area (Å²) in [5.41, 5.74) is -0.351. The SMILES string of the molecule is OC1(C2CCC2)CCOCC1. The van der Waals surface area contributed by atoms with Crippen LogP contribution in [0.25, 0.3) is 0 Å². The molecule has 2 nitrogen and oxygen atoms in total. The molecule has 0 aromatic rings. The summed E-state index contributed by atoms with van der Waals surface area (Å²) in [6.07, 6.45) is 5.50. The smallest absolute Gasteiger partial charge is 0.0719 e. The lowest BCUT2D eigenvalue weighted by Crippen LogP contribution is -2.45. The molecule has 2 heteroatoms. The van der Waals surface area contributed by atoms with Gasteiger partial charge in [-0.3, -0.25) is 0 Å². The van der Waals surface area contributed by atoms with Gasteiger partial charge in [0.2, 0.25) is 0 Å². The Morgan fingerprint density at radius 3 is 2.27 bits per heavy atom. The normalized spacial score (nSPS) is 31.4. The first-order valence-electron chi connectivity index (χ1n) is 4.61. The maximum atomic E-state index is 10.1. The van der Waals surface area contributed by atoms with Crippen molar-refractivity contribution in [2.45, 2.75) is 37.7 Å². The minimum atomic E-state index is -0.351. The van der Waals surface area contributed by atoms with Gasteiger partial charge in [0.25, 0.3) is 0 Å². The zero-order valence-electron chi connectivity index (χ0n) is 6.88. The third-order valence-electron chi connectivity index (χ3n) is 3.22. The Labute approximate surface area is 67.6 Å². The number of hydrogen-bond acceptors (Lipinski definition) is 2. The highest BCUT2D eigenvalue weighted by Gasteiger charge is 2.40. The quantitative estimate of drug-likeness (QED) is 0.620. The maximum absolute atomic E-state index is 10.1. The number of ether oxygens (including phenoxy) is 1. The summed E-state index contributed by atoms with van der Waals surface area (Å²) in [4.78, 5) is 0. The van der Waals surface area contributed by atoms with Crippen LogP contribution in [0, 0.1) is 5.92 Å². The van der Waals surface area contributed by atoms with E-state index in [9.17, 15) is 5.11 Å². The largest absolute Gasteiger partial charge is 0.389 e. The van der Waals surface area contributed by atoms with Crippen LogP contribution in [-0.2, 0) is 4.74 Å². The van der Waals surface area contributed by atoms with Crippen molar-refractivity contribution >= 4 is 0 Å². The van der Waals surface area contributed by atoms with Crippen LogP contribution in [0.15, 0.2) is 0 Å². The predicted octanol–water partition coefficient (Wildman–Crippen LogP) is 1.33.